The fourth-order valence-electron chi connectivity index (χ4n) is 3.41. The van der Waals surface area contributed by atoms with Crippen molar-refractivity contribution in [2.75, 3.05) is 31.6 Å². The van der Waals surface area contributed by atoms with E-state index in [-0.39, 0.29) is 10.7 Å². The van der Waals surface area contributed by atoms with Crippen molar-refractivity contribution >= 4 is 21.6 Å². The van der Waals surface area contributed by atoms with Gasteiger partial charge in [-0.3, -0.25) is 9.48 Å². The molecule has 31 heavy (non-hydrogen) atoms. The van der Waals surface area contributed by atoms with Crippen LogP contribution < -0.4 is 5.32 Å². The molecule has 0 spiro atoms. The molecule has 0 atom stereocenters. The third-order valence-corrected chi connectivity index (χ3v) is 6.93. The fraction of sp³-hybridized carbons (Fsp3) is 0.333. The average molecular weight is 445 g/mol. The van der Waals surface area contributed by atoms with E-state index in [4.69, 9.17) is 9.15 Å². The van der Waals surface area contributed by atoms with Crippen molar-refractivity contribution in [2.45, 2.75) is 25.3 Å². The van der Waals surface area contributed by atoms with Crippen molar-refractivity contribution < 1.29 is 22.4 Å². The molecule has 1 aliphatic rings. The lowest BCUT2D eigenvalue weighted by molar-refractivity contribution is 0.0730. The van der Waals surface area contributed by atoms with Crippen LogP contribution in [0.5, 0.6) is 0 Å². The summed E-state index contributed by atoms with van der Waals surface area (Å²) in [4.78, 5) is 12.7. The lowest BCUT2D eigenvalue weighted by Crippen LogP contribution is -2.40. The molecule has 4 rings (SSSR count). The van der Waals surface area contributed by atoms with Gasteiger partial charge in [-0.15, -0.1) is 0 Å². The number of furan rings is 1. The molecule has 3 aromatic rings. The maximum Gasteiger partial charge on any atom is 0.291 e. The first-order chi connectivity index (χ1) is 14.8. The van der Waals surface area contributed by atoms with E-state index in [1.165, 1.54) is 16.4 Å². The van der Waals surface area contributed by atoms with E-state index in [0.29, 0.717) is 44.3 Å². The molecular weight excluding hydrogens is 420 g/mol. The molecule has 1 amide bonds. The molecule has 0 unspecified atom stereocenters. The highest BCUT2D eigenvalue weighted by Crippen LogP contribution is 2.20. The summed E-state index contributed by atoms with van der Waals surface area (Å²) in [6.45, 7) is 5.75. The largest absolute Gasteiger partial charge is 0.454 e. The van der Waals surface area contributed by atoms with Crippen LogP contribution in [0.4, 0.5) is 5.69 Å². The van der Waals surface area contributed by atoms with Crippen molar-refractivity contribution in [2.24, 2.45) is 0 Å². The summed E-state index contributed by atoms with van der Waals surface area (Å²) in [5.74, 6) is 0.369. The molecule has 1 N–H and O–H groups in total. The van der Waals surface area contributed by atoms with Gasteiger partial charge in [0.05, 0.1) is 30.3 Å². The van der Waals surface area contributed by atoms with Gasteiger partial charge in [0.2, 0.25) is 10.0 Å². The van der Waals surface area contributed by atoms with Crippen LogP contribution in [0.3, 0.4) is 0 Å². The molecular formula is C21H24N4O5S. The number of carbonyl (C=O) groups excluding carboxylic acids is 1. The van der Waals surface area contributed by atoms with Gasteiger partial charge in [-0.25, -0.2) is 8.42 Å². The first-order valence-electron chi connectivity index (χ1n) is 9.92. The summed E-state index contributed by atoms with van der Waals surface area (Å²) in [7, 11) is -3.57. The van der Waals surface area contributed by atoms with E-state index in [2.05, 4.69) is 10.4 Å². The summed E-state index contributed by atoms with van der Waals surface area (Å²) in [5, 5.41) is 7.11. The molecule has 164 valence electrons. The Morgan fingerprint density at radius 1 is 1.10 bits per heavy atom. The number of morpholine rings is 1. The van der Waals surface area contributed by atoms with Crippen LogP contribution in [0.15, 0.2) is 51.8 Å². The zero-order valence-electron chi connectivity index (χ0n) is 17.4. The number of nitrogens with zero attached hydrogens (tertiary/aromatic N) is 3. The predicted molar refractivity (Wildman–Crippen MR) is 113 cm³/mol. The minimum absolute atomic E-state index is 0.168. The van der Waals surface area contributed by atoms with Gasteiger partial charge in [0.15, 0.2) is 5.76 Å². The smallest absolute Gasteiger partial charge is 0.291 e. The van der Waals surface area contributed by atoms with Gasteiger partial charge in [-0.1, -0.05) is 0 Å². The Morgan fingerprint density at radius 3 is 2.45 bits per heavy atom. The van der Waals surface area contributed by atoms with E-state index < -0.39 is 15.9 Å². The number of aromatic nitrogens is 2. The number of nitrogens with one attached hydrogen (secondary N) is 1. The van der Waals surface area contributed by atoms with Crippen LogP contribution >= 0.6 is 0 Å². The molecule has 1 aliphatic heterocycles. The highest BCUT2D eigenvalue weighted by atomic mass is 32.2. The highest BCUT2D eigenvalue weighted by Gasteiger charge is 2.26. The lowest BCUT2D eigenvalue weighted by atomic mass is 10.3. The van der Waals surface area contributed by atoms with Gasteiger partial charge in [0.1, 0.15) is 5.76 Å². The standard InChI is InChI=1S/C21H24N4O5S/c1-15-13-16(2)25(23-15)14-18-5-8-20(30-18)21(26)22-17-3-6-19(7-4-17)31(27,28)24-9-11-29-12-10-24/h3-8,13H,9-12,14H2,1-2H3,(H,22,26). The molecule has 0 bridgehead atoms. The number of anilines is 1. The average Bonchev–Trinajstić information content (AvgIpc) is 3.35. The number of aryl methyl sites for hydroxylation is 2. The fourth-order valence-corrected chi connectivity index (χ4v) is 4.81. The zero-order chi connectivity index (χ0) is 22.0. The predicted octanol–water partition coefficient (Wildman–Crippen LogP) is 2.41. The Morgan fingerprint density at radius 2 is 1.81 bits per heavy atom. The van der Waals surface area contributed by atoms with Gasteiger partial charge < -0.3 is 14.5 Å². The number of hydrogen-bond acceptors (Lipinski definition) is 6. The second-order valence-corrected chi connectivity index (χ2v) is 9.28. The third-order valence-electron chi connectivity index (χ3n) is 5.01. The van der Waals surface area contributed by atoms with Crippen molar-refractivity contribution in [1.29, 1.82) is 0 Å². The maximum atomic E-state index is 12.7. The van der Waals surface area contributed by atoms with E-state index in [1.54, 1.807) is 24.3 Å². The summed E-state index contributed by atoms with van der Waals surface area (Å²) in [6.07, 6.45) is 0. The quantitative estimate of drug-likeness (QED) is 0.626. The molecule has 0 saturated carbocycles. The van der Waals surface area contributed by atoms with Crippen LogP contribution in [0.2, 0.25) is 0 Å². The first-order valence-corrected chi connectivity index (χ1v) is 11.4. The van der Waals surface area contributed by atoms with Crippen LogP contribution in [0.25, 0.3) is 0 Å². The molecule has 1 fully saturated rings. The minimum atomic E-state index is -3.57. The van der Waals surface area contributed by atoms with Crippen molar-refractivity contribution in [3.8, 4) is 0 Å². The second-order valence-electron chi connectivity index (χ2n) is 7.35. The highest BCUT2D eigenvalue weighted by molar-refractivity contribution is 7.89. The third kappa shape index (κ3) is 4.71. The van der Waals surface area contributed by atoms with E-state index in [9.17, 15) is 13.2 Å². The summed E-state index contributed by atoms with van der Waals surface area (Å²) in [5.41, 5.74) is 2.40. The Labute approximate surface area is 180 Å². The molecule has 3 heterocycles. The van der Waals surface area contributed by atoms with E-state index in [0.717, 1.165) is 11.4 Å². The molecule has 1 saturated heterocycles. The zero-order valence-corrected chi connectivity index (χ0v) is 18.2. The monoisotopic (exact) mass is 444 g/mol. The Kier molecular flexibility index (Phi) is 5.94. The number of hydrogen-bond donors (Lipinski definition) is 1. The van der Waals surface area contributed by atoms with Gasteiger partial charge in [0.25, 0.3) is 5.91 Å². The molecule has 9 nitrogen and oxygen atoms in total. The molecule has 1 aromatic carbocycles. The van der Waals surface area contributed by atoms with E-state index >= 15 is 0 Å². The number of sulfonamides is 1. The van der Waals surface area contributed by atoms with Crippen LogP contribution in [-0.4, -0.2) is 54.7 Å². The summed E-state index contributed by atoms with van der Waals surface area (Å²) < 4.78 is 39.4. The lowest BCUT2D eigenvalue weighted by Gasteiger charge is -2.26. The van der Waals surface area contributed by atoms with Crippen LogP contribution in [-0.2, 0) is 21.3 Å². The van der Waals surface area contributed by atoms with Gasteiger partial charge in [0, 0.05) is 24.5 Å². The van der Waals surface area contributed by atoms with Crippen molar-refractivity contribution in [1.82, 2.24) is 14.1 Å². The number of carbonyl (C=O) groups is 1. The maximum absolute atomic E-state index is 12.7. The van der Waals surface area contributed by atoms with Gasteiger partial charge >= 0.3 is 0 Å². The number of ether oxygens (including phenoxy) is 1. The molecule has 0 aliphatic carbocycles. The summed E-state index contributed by atoms with van der Waals surface area (Å²) in [6, 6.07) is 11.4. The van der Waals surface area contributed by atoms with Crippen LogP contribution in [0.1, 0.15) is 27.7 Å². The second kappa shape index (κ2) is 8.66. The number of benzene rings is 1. The van der Waals surface area contributed by atoms with E-state index in [1.807, 2.05) is 24.6 Å². The number of amides is 1. The molecule has 0 radical (unpaired) electrons. The Bertz CT molecular complexity index is 1170. The van der Waals surface area contributed by atoms with Gasteiger partial charge in [-0.05, 0) is 56.3 Å². The molecule has 10 heteroatoms. The van der Waals surface area contributed by atoms with Crippen molar-refractivity contribution in [3.63, 3.8) is 0 Å². The van der Waals surface area contributed by atoms with Crippen LogP contribution in [0, 0.1) is 13.8 Å². The topological polar surface area (TPSA) is 107 Å². The molecule has 2 aromatic heterocycles. The SMILES string of the molecule is Cc1cc(C)n(Cc2ccc(C(=O)Nc3ccc(S(=O)(=O)N4CCOCC4)cc3)o2)n1. The Hall–Kier alpha value is -2.95. The van der Waals surface area contributed by atoms with Crippen molar-refractivity contribution in [3.05, 3.63) is 65.4 Å². The first kappa shape index (κ1) is 21.3. The summed E-state index contributed by atoms with van der Waals surface area (Å²) >= 11 is 0. The minimum Gasteiger partial charge on any atom is -0.454 e. The normalized spacial score (nSPS) is 15.2. The Balaban J connectivity index is 1.41. The van der Waals surface area contributed by atoms with Gasteiger partial charge in [-0.2, -0.15) is 9.40 Å². The number of rotatable bonds is 6.